The first-order valence-corrected chi connectivity index (χ1v) is 20.7. The highest BCUT2D eigenvalue weighted by molar-refractivity contribution is 7.16. The Morgan fingerprint density at radius 1 is 1.11 bits per heavy atom. The third-order valence-electron chi connectivity index (χ3n) is 13.3. The van der Waals surface area contributed by atoms with Crippen LogP contribution < -0.4 is 16.0 Å². The van der Waals surface area contributed by atoms with E-state index in [0.29, 0.717) is 22.9 Å². The van der Waals surface area contributed by atoms with Crippen molar-refractivity contribution in [2.24, 2.45) is 10.8 Å². The van der Waals surface area contributed by atoms with Crippen LogP contribution in [0, 0.1) is 33.5 Å². The van der Waals surface area contributed by atoms with Gasteiger partial charge in [-0.1, -0.05) is 25.9 Å². The molecule has 1 unspecified atom stereocenters. The first-order valence-electron chi connectivity index (χ1n) is 19.9. The number of carbonyl (C=O) groups excluding carboxylic acids is 1. The van der Waals surface area contributed by atoms with Crippen molar-refractivity contribution >= 4 is 28.3 Å². The van der Waals surface area contributed by atoms with Gasteiger partial charge in [0.1, 0.15) is 29.2 Å². The Kier molecular flexibility index (Phi) is 8.59. The van der Waals surface area contributed by atoms with E-state index in [1.807, 2.05) is 11.0 Å². The standard InChI is InChI=1S/C41H49N11O2S/c1-24-20-45-12-7-13-51(24)37-47-29(25-15-40(16-25)17-32(39(2,3)4)52(22-40)38(53)50-21-26(18-42)46-23-50)14-30(48-37)34-27-8-5-10-41(35(27)49-54-34)11-6-9-31-33(41)28(19-43)36(44)55-31/h14,21,23-25,32,45H,5-13,15-17,20,22,44H2,1-4H3/t24-,25?,32?,40?,41-/m0/s1. The van der Waals surface area contributed by atoms with E-state index in [-0.39, 0.29) is 46.0 Å². The molecule has 2 aliphatic heterocycles. The maximum Gasteiger partial charge on any atom is 0.329 e. The van der Waals surface area contributed by atoms with Crippen LogP contribution in [0.3, 0.4) is 0 Å². The molecule has 3 N–H and O–H groups in total. The SMILES string of the molecule is C[C@H]1CNCCCN1c1nc(-c2onc3c2CCC[C@@]32CCCc3sc(N)c(C#N)c32)cc(C2CC3(C2)CC(C(C)(C)C)N(C(=O)n2cnc(C#N)c2)C3)n1. The third-order valence-corrected chi connectivity index (χ3v) is 14.4. The number of carbonyl (C=O) groups is 1. The second-order valence-electron chi connectivity index (χ2n) is 17.8. The van der Waals surface area contributed by atoms with Crippen molar-refractivity contribution in [2.45, 2.75) is 115 Å². The number of hydrogen-bond acceptors (Lipinski definition) is 12. The molecule has 4 aromatic heterocycles. The number of nitrogens with one attached hydrogen (secondary N) is 1. The Bertz CT molecular complexity index is 2240. The predicted molar refractivity (Wildman–Crippen MR) is 209 cm³/mol. The highest BCUT2D eigenvalue weighted by atomic mass is 32.1. The summed E-state index contributed by atoms with van der Waals surface area (Å²) in [4.78, 5) is 34.1. The third kappa shape index (κ3) is 5.83. The quantitative estimate of drug-likeness (QED) is 0.233. The first kappa shape index (κ1) is 35.9. The smallest absolute Gasteiger partial charge is 0.329 e. The molecule has 2 spiro atoms. The molecule has 3 atom stereocenters. The fourth-order valence-corrected chi connectivity index (χ4v) is 11.8. The Balaban J connectivity index is 1.07. The zero-order valence-corrected chi connectivity index (χ0v) is 33.0. The number of nitriles is 2. The van der Waals surface area contributed by atoms with E-state index in [2.05, 4.69) is 55.0 Å². The molecular weight excluding hydrogens is 711 g/mol. The normalized spacial score (nSPS) is 27.6. The van der Waals surface area contributed by atoms with Crippen molar-refractivity contribution in [3.05, 3.63) is 57.2 Å². The maximum absolute atomic E-state index is 13.9. The zero-order valence-electron chi connectivity index (χ0n) is 32.2. The Hall–Kier alpha value is -4.79. The summed E-state index contributed by atoms with van der Waals surface area (Å²) in [5.41, 5.74) is 11.6. The minimum atomic E-state index is -0.381. The van der Waals surface area contributed by atoms with Gasteiger partial charge >= 0.3 is 6.03 Å². The van der Waals surface area contributed by atoms with E-state index in [0.717, 1.165) is 118 Å². The van der Waals surface area contributed by atoms with E-state index in [4.69, 9.17) is 25.4 Å². The number of likely N-dealkylation sites (tertiary alicyclic amines) is 1. The second kappa shape index (κ2) is 13.2. The molecule has 3 aliphatic carbocycles. The lowest BCUT2D eigenvalue weighted by Crippen LogP contribution is -2.45. The van der Waals surface area contributed by atoms with E-state index in [9.17, 15) is 15.3 Å². The van der Waals surface area contributed by atoms with Gasteiger partial charge in [0.2, 0.25) is 5.95 Å². The predicted octanol–water partition coefficient (Wildman–Crippen LogP) is 6.51. The Morgan fingerprint density at radius 3 is 2.65 bits per heavy atom. The number of thiophene rings is 1. The monoisotopic (exact) mass is 759 g/mol. The summed E-state index contributed by atoms with van der Waals surface area (Å²) in [6.45, 7) is 12.1. The van der Waals surface area contributed by atoms with Crippen LogP contribution in [0.1, 0.15) is 124 Å². The van der Waals surface area contributed by atoms with Gasteiger partial charge in [-0.3, -0.25) is 4.57 Å². The van der Waals surface area contributed by atoms with Crippen molar-refractivity contribution in [1.82, 2.24) is 34.9 Å². The average molecular weight is 760 g/mol. The van der Waals surface area contributed by atoms with Gasteiger partial charge in [0.05, 0.1) is 17.5 Å². The molecule has 0 radical (unpaired) electrons. The number of imidazole rings is 1. The average Bonchev–Trinajstić information content (AvgIpc) is 3.94. The van der Waals surface area contributed by atoms with Crippen LogP contribution in [0.4, 0.5) is 15.7 Å². The van der Waals surface area contributed by atoms with Crippen LogP contribution in [-0.4, -0.2) is 73.9 Å². The van der Waals surface area contributed by atoms with Gasteiger partial charge in [-0.2, -0.15) is 10.5 Å². The number of nitrogens with two attached hydrogens (primary N) is 1. The number of nitrogens with zero attached hydrogens (tertiary/aromatic N) is 9. The molecule has 5 aliphatic rings. The fraction of sp³-hybridized carbons (Fsp3) is 0.585. The number of anilines is 2. The number of aromatic nitrogens is 5. The van der Waals surface area contributed by atoms with Gasteiger partial charge in [-0.05, 0) is 100 Å². The van der Waals surface area contributed by atoms with Crippen LogP contribution in [-0.2, 0) is 18.3 Å². The Labute approximate surface area is 325 Å². The summed E-state index contributed by atoms with van der Waals surface area (Å²) in [5.74, 6) is 1.64. The van der Waals surface area contributed by atoms with Crippen LogP contribution in [0.5, 0.6) is 0 Å². The lowest BCUT2D eigenvalue weighted by atomic mass is 9.59. The molecule has 0 bridgehead atoms. The van der Waals surface area contributed by atoms with E-state index in [1.165, 1.54) is 22.0 Å². The summed E-state index contributed by atoms with van der Waals surface area (Å²) in [6.07, 6.45) is 12.3. The van der Waals surface area contributed by atoms with E-state index < -0.39 is 0 Å². The molecule has 6 heterocycles. The Morgan fingerprint density at radius 2 is 1.91 bits per heavy atom. The van der Waals surface area contributed by atoms with Crippen molar-refractivity contribution in [3.63, 3.8) is 0 Å². The van der Waals surface area contributed by atoms with Crippen molar-refractivity contribution in [1.29, 1.82) is 10.5 Å². The number of fused-ring (bicyclic) bond motifs is 4. The molecule has 3 fully saturated rings. The molecule has 286 valence electrons. The van der Waals surface area contributed by atoms with Gasteiger partial charge in [0.15, 0.2) is 11.5 Å². The molecule has 13 nitrogen and oxygen atoms in total. The van der Waals surface area contributed by atoms with Gasteiger partial charge in [0, 0.05) is 59.2 Å². The molecule has 2 saturated heterocycles. The summed E-state index contributed by atoms with van der Waals surface area (Å²) in [7, 11) is 0. The summed E-state index contributed by atoms with van der Waals surface area (Å²) >= 11 is 1.56. The molecule has 1 amide bonds. The molecule has 4 aromatic rings. The molecule has 55 heavy (non-hydrogen) atoms. The largest absolute Gasteiger partial charge is 0.389 e. The van der Waals surface area contributed by atoms with Crippen LogP contribution >= 0.6 is 11.3 Å². The first-order chi connectivity index (χ1) is 26.4. The van der Waals surface area contributed by atoms with Crippen LogP contribution in [0.25, 0.3) is 11.5 Å². The molecular formula is C41H49N11O2S. The highest BCUT2D eigenvalue weighted by Crippen LogP contribution is 2.60. The van der Waals surface area contributed by atoms with Crippen molar-refractivity contribution < 1.29 is 9.32 Å². The fourth-order valence-electron chi connectivity index (χ4n) is 10.6. The number of amides is 1. The summed E-state index contributed by atoms with van der Waals surface area (Å²) in [5, 5.41) is 28.6. The number of nitrogen functional groups attached to an aromatic ring is 1. The number of hydrogen-bond donors (Lipinski definition) is 2. The number of rotatable bonds is 3. The van der Waals surface area contributed by atoms with Gasteiger partial charge in [-0.25, -0.2) is 19.7 Å². The van der Waals surface area contributed by atoms with E-state index >= 15 is 0 Å². The topological polar surface area (TPSA) is 179 Å². The highest BCUT2D eigenvalue weighted by Gasteiger charge is 2.56. The van der Waals surface area contributed by atoms with Gasteiger partial charge in [-0.15, -0.1) is 11.3 Å². The molecule has 9 rings (SSSR count). The lowest BCUT2D eigenvalue weighted by molar-refractivity contribution is 0.109. The number of aryl methyl sites for hydroxylation is 1. The zero-order chi connectivity index (χ0) is 38.3. The maximum atomic E-state index is 13.9. The van der Waals surface area contributed by atoms with Crippen molar-refractivity contribution in [3.8, 4) is 23.6 Å². The molecule has 1 saturated carbocycles. The molecule has 14 heteroatoms. The second-order valence-corrected chi connectivity index (χ2v) is 19.0. The van der Waals surface area contributed by atoms with Crippen LogP contribution in [0.2, 0.25) is 0 Å². The minimum Gasteiger partial charge on any atom is -0.389 e. The molecule has 0 aromatic carbocycles. The van der Waals surface area contributed by atoms with Crippen LogP contribution in [0.15, 0.2) is 23.1 Å². The van der Waals surface area contributed by atoms with Gasteiger partial charge in [0.25, 0.3) is 0 Å². The summed E-state index contributed by atoms with van der Waals surface area (Å²) in [6, 6.07) is 6.74. The minimum absolute atomic E-state index is 0.0285. The summed E-state index contributed by atoms with van der Waals surface area (Å²) < 4.78 is 7.85. The van der Waals surface area contributed by atoms with Gasteiger partial charge < -0.3 is 25.4 Å². The lowest BCUT2D eigenvalue weighted by Gasteiger charge is -2.45. The van der Waals surface area contributed by atoms with E-state index in [1.54, 1.807) is 11.3 Å². The van der Waals surface area contributed by atoms with Crippen molar-refractivity contribution in [2.75, 3.05) is 36.8 Å².